The van der Waals surface area contributed by atoms with Gasteiger partial charge in [0, 0.05) is 16.6 Å². The van der Waals surface area contributed by atoms with Crippen LogP contribution in [0.4, 0.5) is 4.39 Å². The molecule has 2 nitrogen and oxygen atoms in total. The van der Waals surface area contributed by atoms with E-state index in [4.69, 9.17) is 23.1 Å². The normalized spacial score (nSPS) is 12.8. The quantitative estimate of drug-likeness (QED) is 0.764. The number of unbranched alkanes of at least 4 members (excludes halogenated alkanes) is 1. The first kappa shape index (κ1) is 12.4. The number of rotatable bonds is 5. The molecule has 0 aliphatic heterocycles. The Morgan fingerprint density at radius 3 is 2.67 bits per heavy atom. The number of nitrogens with two attached hydrogens (primary N) is 2. The third-order valence-electron chi connectivity index (χ3n) is 2.34. The molecule has 1 aromatic rings. The fourth-order valence-electron chi connectivity index (χ4n) is 1.52. The van der Waals surface area contributed by atoms with E-state index < -0.39 is 0 Å². The van der Waals surface area contributed by atoms with E-state index in [1.54, 1.807) is 12.1 Å². The molecule has 0 aliphatic rings. The van der Waals surface area contributed by atoms with E-state index in [1.807, 2.05) is 0 Å². The van der Waals surface area contributed by atoms with Crippen molar-refractivity contribution in [3.8, 4) is 0 Å². The van der Waals surface area contributed by atoms with E-state index in [1.165, 1.54) is 6.07 Å². The SMILES string of the molecule is NCCCC[C@@H](N)c1c(F)cccc1Cl. The lowest BCUT2D eigenvalue weighted by Gasteiger charge is -2.14. The van der Waals surface area contributed by atoms with Crippen molar-refractivity contribution in [3.63, 3.8) is 0 Å². The fraction of sp³-hybridized carbons (Fsp3) is 0.455. The van der Waals surface area contributed by atoms with Gasteiger partial charge >= 0.3 is 0 Å². The van der Waals surface area contributed by atoms with Gasteiger partial charge in [-0.25, -0.2) is 4.39 Å². The van der Waals surface area contributed by atoms with Crippen LogP contribution in [0.3, 0.4) is 0 Å². The van der Waals surface area contributed by atoms with Gasteiger partial charge in [0.05, 0.1) is 0 Å². The summed E-state index contributed by atoms with van der Waals surface area (Å²) >= 11 is 5.89. The molecule has 15 heavy (non-hydrogen) atoms. The van der Waals surface area contributed by atoms with Crippen LogP contribution in [0.15, 0.2) is 18.2 Å². The van der Waals surface area contributed by atoms with E-state index in [-0.39, 0.29) is 11.9 Å². The van der Waals surface area contributed by atoms with Gasteiger partial charge in [0.15, 0.2) is 0 Å². The third-order valence-corrected chi connectivity index (χ3v) is 2.67. The van der Waals surface area contributed by atoms with E-state index in [0.29, 0.717) is 23.6 Å². The van der Waals surface area contributed by atoms with Gasteiger partial charge in [-0.2, -0.15) is 0 Å². The van der Waals surface area contributed by atoms with Crippen molar-refractivity contribution in [1.29, 1.82) is 0 Å². The highest BCUT2D eigenvalue weighted by molar-refractivity contribution is 6.31. The van der Waals surface area contributed by atoms with Gasteiger partial charge in [0.2, 0.25) is 0 Å². The molecular weight excluding hydrogens is 215 g/mol. The van der Waals surface area contributed by atoms with Gasteiger partial charge in [-0.3, -0.25) is 0 Å². The van der Waals surface area contributed by atoms with Crippen molar-refractivity contribution in [2.24, 2.45) is 11.5 Å². The predicted molar refractivity (Wildman–Crippen MR) is 61.2 cm³/mol. The van der Waals surface area contributed by atoms with Gasteiger partial charge in [-0.15, -0.1) is 0 Å². The molecule has 1 rings (SSSR count). The average molecular weight is 231 g/mol. The molecule has 0 amide bonds. The Hall–Kier alpha value is -0.640. The molecule has 0 saturated heterocycles. The van der Waals surface area contributed by atoms with Crippen molar-refractivity contribution in [3.05, 3.63) is 34.6 Å². The van der Waals surface area contributed by atoms with Crippen LogP contribution in [0.5, 0.6) is 0 Å². The molecule has 0 unspecified atom stereocenters. The molecule has 0 radical (unpaired) electrons. The summed E-state index contributed by atoms with van der Waals surface area (Å²) in [6, 6.07) is 4.27. The predicted octanol–water partition coefficient (Wildman–Crippen LogP) is 2.61. The van der Waals surface area contributed by atoms with Crippen molar-refractivity contribution in [2.75, 3.05) is 6.54 Å². The van der Waals surface area contributed by atoms with Crippen LogP contribution in [0.1, 0.15) is 30.9 Å². The van der Waals surface area contributed by atoms with Crippen molar-refractivity contribution < 1.29 is 4.39 Å². The Morgan fingerprint density at radius 1 is 1.33 bits per heavy atom. The number of benzene rings is 1. The second-order valence-electron chi connectivity index (χ2n) is 3.53. The molecule has 0 fully saturated rings. The molecule has 0 bridgehead atoms. The summed E-state index contributed by atoms with van der Waals surface area (Å²) < 4.78 is 13.4. The minimum atomic E-state index is -0.342. The minimum Gasteiger partial charge on any atom is -0.330 e. The van der Waals surface area contributed by atoms with Crippen LogP contribution in [0.2, 0.25) is 5.02 Å². The lowest BCUT2D eigenvalue weighted by Crippen LogP contribution is -2.13. The molecule has 0 heterocycles. The Labute approximate surface area is 94.4 Å². The zero-order valence-corrected chi connectivity index (χ0v) is 9.30. The lowest BCUT2D eigenvalue weighted by atomic mass is 10.0. The summed E-state index contributed by atoms with van der Waals surface area (Å²) in [5.74, 6) is -0.331. The van der Waals surface area contributed by atoms with Crippen molar-refractivity contribution >= 4 is 11.6 Å². The number of hydrogen-bond donors (Lipinski definition) is 2. The van der Waals surface area contributed by atoms with Crippen molar-refractivity contribution in [1.82, 2.24) is 0 Å². The van der Waals surface area contributed by atoms with Crippen LogP contribution in [0.25, 0.3) is 0 Å². The molecular formula is C11H16ClFN2. The molecule has 0 aliphatic carbocycles. The third kappa shape index (κ3) is 3.45. The maximum atomic E-state index is 13.4. The Bertz CT molecular complexity index is 297. The number of hydrogen-bond acceptors (Lipinski definition) is 2. The molecule has 0 saturated carbocycles. The maximum absolute atomic E-state index is 13.4. The van der Waals surface area contributed by atoms with Gasteiger partial charge < -0.3 is 11.5 Å². The van der Waals surface area contributed by atoms with Gasteiger partial charge in [0.1, 0.15) is 5.82 Å². The summed E-state index contributed by atoms with van der Waals surface area (Å²) in [5, 5.41) is 0.398. The zero-order valence-electron chi connectivity index (χ0n) is 8.55. The molecule has 84 valence electrons. The highest BCUT2D eigenvalue weighted by Crippen LogP contribution is 2.27. The largest absolute Gasteiger partial charge is 0.330 e. The second kappa shape index (κ2) is 6.05. The Kier molecular flexibility index (Phi) is 5.02. The first-order valence-corrected chi connectivity index (χ1v) is 5.44. The molecule has 0 aromatic heterocycles. The molecule has 1 atom stereocenters. The first-order valence-electron chi connectivity index (χ1n) is 5.06. The lowest BCUT2D eigenvalue weighted by molar-refractivity contribution is 0.543. The van der Waals surface area contributed by atoms with E-state index in [2.05, 4.69) is 0 Å². The molecule has 4 heteroatoms. The van der Waals surface area contributed by atoms with Crippen LogP contribution in [-0.2, 0) is 0 Å². The smallest absolute Gasteiger partial charge is 0.129 e. The summed E-state index contributed by atoms with van der Waals surface area (Å²) in [6.07, 6.45) is 2.50. The van der Waals surface area contributed by atoms with E-state index in [9.17, 15) is 4.39 Å². The fourth-order valence-corrected chi connectivity index (χ4v) is 1.82. The highest BCUT2D eigenvalue weighted by atomic mass is 35.5. The van der Waals surface area contributed by atoms with Gasteiger partial charge in [0.25, 0.3) is 0 Å². The monoisotopic (exact) mass is 230 g/mol. The zero-order chi connectivity index (χ0) is 11.3. The highest BCUT2D eigenvalue weighted by Gasteiger charge is 2.14. The first-order chi connectivity index (χ1) is 7.16. The van der Waals surface area contributed by atoms with Crippen LogP contribution in [0, 0.1) is 5.82 Å². The Balaban J connectivity index is 2.68. The molecule has 4 N–H and O–H groups in total. The van der Waals surface area contributed by atoms with E-state index >= 15 is 0 Å². The number of halogens is 2. The standard InChI is InChI=1S/C11H16ClFN2/c12-8-4-3-5-9(13)11(8)10(15)6-1-2-7-14/h3-5,10H,1-2,6-7,14-15H2/t10-/m1/s1. The van der Waals surface area contributed by atoms with Gasteiger partial charge in [-0.05, 0) is 31.5 Å². The minimum absolute atomic E-state index is 0.331. The van der Waals surface area contributed by atoms with Crippen LogP contribution in [-0.4, -0.2) is 6.54 Å². The molecule has 1 aromatic carbocycles. The van der Waals surface area contributed by atoms with E-state index in [0.717, 1.165) is 12.8 Å². The van der Waals surface area contributed by atoms with Gasteiger partial charge in [-0.1, -0.05) is 24.1 Å². The maximum Gasteiger partial charge on any atom is 0.129 e. The summed E-state index contributed by atoms with van der Waals surface area (Å²) in [7, 11) is 0. The van der Waals surface area contributed by atoms with Crippen molar-refractivity contribution in [2.45, 2.75) is 25.3 Å². The Morgan fingerprint density at radius 2 is 2.07 bits per heavy atom. The molecule has 0 spiro atoms. The summed E-state index contributed by atoms with van der Waals surface area (Å²) in [5.41, 5.74) is 11.7. The topological polar surface area (TPSA) is 52.0 Å². The second-order valence-corrected chi connectivity index (χ2v) is 3.93. The van der Waals surface area contributed by atoms with Crippen LogP contribution >= 0.6 is 11.6 Å². The average Bonchev–Trinajstić information content (AvgIpc) is 2.18. The summed E-state index contributed by atoms with van der Waals surface area (Å²) in [6.45, 7) is 0.637. The summed E-state index contributed by atoms with van der Waals surface area (Å²) in [4.78, 5) is 0. The van der Waals surface area contributed by atoms with Crippen LogP contribution < -0.4 is 11.5 Å².